The van der Waals surface area contributed by atoms with Gasteiger partial charge in [0.2, 0.25) is 10.0 Å². The summed E-state index contributed by atoms with van der Waals surface area (Å²) in [6.45, 7) is 1.33. The van der Waals surface area contributed by atoms with Crippen LogP contribution in [0, 0.1) is 0 Å². The molecule has 1 aliphatic heterocycles. The molecule has 0 spiro atoms. The van der Waals surface area contributed by atoms with E-state index >= 15 is 0 Å². The van der Waals surface area contributed by atoms with Gasteiger partial charge in [-0.15, -0.1) is 0 Å². The van der Waals surface area contributed by atoms with Crippen molar-refractivity contribution in [3.63, 3.8) is 0 Å². The van der Waals surface area contributed by atoms with Gasteiger partial charge in [-0.1, -0.05) is 6.07 Å². The van der Waals surface area contributed by atoms with E-state index in [1.54, 1.807) is 23.2 Å². The van der Waals surface area contributed by atoms with Crippen LogP contribution in [0.15, 0.2) is 30.6 Å². The molecule has 0 radical (unpaired) electrons. The Labute approximate surface area is 134 Å². The number of aromatic amines is 1. The Bertz CT molecular complexity index is 795. The van der Waals surface area contributed by atoms with Crippen LogP contribution in [0.4, 0.5) is 0 Å². The van der Waals surface area contributed by atoms with Crippen LogP contribution in [0.2, 0.25) is 0 Å². The quantitative estimate of drug-likeness (QED) is 0.863. The molecule has 3 heterocycles. The third-order valence-corrected chi connectivity index (χ3v) is 5.09. The molecule has 1 N–H and O–H groups in total. The number of carbonyl (C=O) groups is 1. The van der Waals surface area contributed by atoms with Crippen molar-refractivity contribution in [1.29, 1.82) is 0 Å². The summed E-state index contributed by atoms with van der Waals surface area (Å²) < 4.78 is 24.4. The maximum atomic E-state index is 12.7. The molecule has 0 aliphatic carbocycles. The summed E-state index contributed by atoms with van der Waals surface area (Å²) in [5, 5.41) is 6.76. The summed E-state index contributed by atoms with van der Waals surface area (Å²) in [4.78, 5) is 18.5. The van der Waals surface area contributed by atoms with Crippen LogP contribution in [0.3, 0.4) is 0 Å². The Balaban J connectivity index is 1.77. The average molecular weight is 335 g/mol. The van der Waals surface area contributed by atoms with Crippen LogP contribution in [-0.4, -0.2) is 71.1 Å². The lowest BCUT2D eigenvalue weighted by atomic mass is 10.1. The molecule has 0 saturated carbocycles. The second-order valence-electron chi connectivity index (χ2n) is 5.33. The third kappa shape index (κ3) is 3.25. The molecule has 3 rings (SSSR count). The van der Waals surface area contributed by atoms with Gasteiger partial charge in [-0.05, 0) is 12.1 Å². The van der Waals surface area contributed by atoms with E-state index in [-0.39, 0.29) is 5.91 Å². The molecule has 1 aliphatic rings. The van der Waals surface area contributed by atoms with Gasteiger partial charge < -0.3 is 4.90 Å². The molecule has 0 atom stereocenters. The Morgan fingerprint density at radius 3 is 2.57 bits per heavy atom. The summed E-state index contributed by atoms with van der Waals surface area (Å²) >= 11 is 0. The summed E-state index contributed by atoms with van der Waals surface area (Å²) in [5.74, 6) is -0.174. The van der Waals surface area contributed by atoms with Gasteiger partial charge in [-0.25, -0.2) is 8.42 Å². The summed E-state index contributed by atoms with van der Waals surface area (Å²) in [6.07, 6.45) is 4.31. The van der Waals surface area contributed by atoms with Gasteiger partial charge in [0.1, 0.15) is 0 Å². The Kier molecular flexibility index (Phi) is 4.14. The lowest BCUT2D eigenvalue weighted by molar-refractivity contribution is 0.0699. The lowest BCUT2D eigenvalue weighted by Crippen LogP contribution is -2.50. The number of pyridine rings is 1. The molecule has 0 unspecified atom stereocenters. The number of H-pyrrole nitrogens is 1. The van der Waals surface area contributed by atoms with Gasteiger partial charge in [-0.2, -0.15) is 9.40 Å². The molecule has 1 saturated heterocycles. The number of aromatic nitrogens is 3. The first-order valence-corrected chi connectivity index (χ1v) is 9.01. The standard InChI is InChI=1S/C14H17N5O3S/c1-23(21,22)19-8-6-18(7-9-19)14(20)11-10-16-17-13(11)12-4-2-3-5-15-12/h2-5,10H,6-9H2,1H3,(H,16,17). The van der Waals surface area contributed by atoms with Crippen LogP contribution in [0.25, 0.3) is 11.4 Å². The predicted molar refractivity (Wildman–Crippen MR) is 84.1 cm³/mol. The van der Waals surface area contributed by atoms with Gasteiger partial charge in [0.15, 0.2) is 0 Å². The van der Waals surface area contributed by atoms with E-state index in [4.69, 9.17) is 0 Å². The Morgan fingerprint density at radius 2 is 1.96 bits per heavy atom. The van der Waals surface area contributed by atoms with Crippen molar-refractivity contribution >= 4 is 15.9 Å². The zero-order chi connectivity index (χ0) is 16.4. The first kappa shape index (κ1) is 15.6. The molecule has 1 fully saturated rings. The number of carbonyl (C=O) groups excluding carboxylic acids is 1. The molecular weight excluding hydrogens is 318 g/mol. The number of hydrogen-bond acceptors (Lipinski definition) is 5. The van der Waals surface area contributed by atoms with Crippen molar-refractivity contribution in [2.24, 2.45) is 0 Å². The topological polar surface area (TPSA) is 99.3 Å². The first-order valence-electron chi connectivity index (χ1n) is 7.16. The van der Waals surface area contributed by atoms with Crippen molar-refractivity contribution in [2.75, 3.05) is 32.4 Å². The molecule has 1 amide bonds. The van der Waals surface area contributed by atoms with E-state index in [2.05, 4.69) is 15.2 Å². The van der Waals surface area contributed by atoms with E-state index in [1.807, 2.05) is 6.07 Å². The monoisotopic (exact) mass is 335 g/mol. The highest BCUT2D eigenvalue weighted by Crippen LogP contribution is 2.20. The number of sulfonamides is 1. The minimum absolute atomic E-state index is 0.174. The third-order valence-electron chi connectivity index (χ3n) is 3.79. The van der Waals surface area contributed by atoms with Gasteiger partial charge in [0.05, 0.1) is 29.4 Å². The lowest BCUT2D eigenvalue weighted by Gasteiger charge is -2.33. The SMILES string of the molecule is CS(=O)(=O)N1CCN(C(=O)c2cn[nH]c2-c2ccccn2)CC1. The summed E-state index contributed by atoms with van der Waals surface area (Å²) in [6, 6.07) is 5.43. The maximum Gasteiger partial charge on any atom is 0.257 e. The second kappa shape index (κ2) is 6.09. The largest absolute Gasteiger partial charge is 0.336 e. The van der Waals surface area contributed by atoms with Gasteiger partial charge in [0, 0.05) is 32.4 Å². The first-order chi connectivity index (χ1) is 11.0. The van der Waals surface area contributed by atoms with Crippen molar-refractivity contribution < 1.29 is 13.2 Å². The van der Waals surface area contributed by atoms with Crippen molar-refractivity contribution in [3.8, 4) is 11.4 Å². The molecule has 0 aromatic carbocycles. The highest BCUT2D eigenvalue weighted by molar-refractivity contribution is 7.88. The number of amides is 1. The van der Waals surface area contributed by atoms with Crippen LogP contribution >= 0.6 is 0 Å². The fourth-order valence-electron chi connectivity index (χ4n) is 2.55. The Morgan fingerprint density at radius 1 is 1.22 bits per heavy atom. The highest BCUT2D eigenvalue weighted by Gasteiger charge is 2.28. The number of hydrogen-bond donors (Lipinski definition) is 1. The van der Waals surface area contributed by atoms with E-state index in [0.717, 1.165) is 0 Å². The molecule has 0 bridgehead atoms. The summed E-state index contributed by atoms with van der Waals surface area (Å²) in [7, 11) is -3.21. The van der Waals surface area contributed by atoms with Gasteiger partial charge in [0.25, 0.3) is 5.91 Å². The normalized spacial score (nSPS) is 16.5. The number of nitrogens with zero attached hydrogens (tertiary/aromatic N) is 4. The molecular formula is C14H17N5O3S. The Hall–Kier alpha value is -2.26. The van der Waals surface area contributed by atoms with Crippen LogP contribution in [0.5, 0.6) is 0 Å². The van der Waals surface area contributed by atoms with E-state index in [9.17, 15) is 13.2 Å². The molecule has 122 valence electrons. The molecule has 8 nitrogen and oxygen atoms in total. The number of nitrogens with one attached hydrogen (secondary N) is 1. The zero-order valence-corrected chi connectivity index (χ0v) is 13.5. The second-order valence-corrected chi connectivity index (χ2v) is 7.31. The highest BCUT2D eigenvalue weighted by atomic mass is 32.2. The minimum Gasteiger partial charge on any atom is -0.336 e. The fourth-order valence-corrected chi connectivity index (χ4v) is 3.37. The molecule has 2 aromatic rings. The van der Waals surface area contributed by atoms with Crippen molar-refractivity contribution in [2.45, 2.75) is 0 Å². The van der Waals surface area contributed by atoms with Crippen LogP contribution in [-0.2, 0) is 10.0 Å². The smallest absolute Gasteiger partial charge is 0.257 e. The minimum atomic E-state index is -3.21. The number of rotatable bonds is 3. The number of piperazine rings is 1. The molecule has 23 heavy (non-hydrogen) atoms. The van der Waals surface area contributed by atoms with E-state index in [1.165, 1.54) is 16.8 Å². The van der Waals surface area contributed by atoms with E-state index < -0.39 is 10.0 Å². The fraction of sp³-hybridized carbons (Fsp3) is 0.357. The average Bonchev–Trinajstić information content (AvgIpc) is 3.04. The van der Waals surface area contributed by atoms with Crippen molar-refractivity contribution in [1.82, 2.24) is 24.4 Å². The van der Waals surface area contributed by atoms with Crippen molar-refractivity contribution in [3.05, 3.63) is 36.2 Å². The maximum absolute atomic E-state index is 12.7. The molecule has 2 aromatic heterocycles. The van der Waals surface area contributed by atoms with Gasteiger partial charge >= 0.3 is 0 Å². The van der Waals surface area contributed by atoms with E-state index in [0.29, 0.717) is 43.1 Å². The molecule has 9 heteroatoms. The zero-order valence-electron chi connectivity index (χ0n) is 12.6. The van der Waals surface area contributed by atoms with Gasteiger partial charge in [-0.3, -0.25) is 14.9 Å². The predicted octanol–water partition coefficient (Wildman–Crippen LogP) is 0.189. The summed E-state index contributed by atoms with van der Waals surface area (Å²) in [5.41, 5.74) is 1.65. The van der Waals surface area contributed by atoms with Crippen LogP contribution < -0.4 is 0 Å². The van der Waals surface area contributed by atoms with Crippen LogP contribution in [0.1, 0.15) is 10.4 Å².